The van der Waals surface area contributed by atoms with Crippen molar-refractivity contribution < 1.29 is 9.53 Å². The molecule has 3 nitrogen and oxygen atoms in total. The van der Waals surface area contributed by atoms with Crippen LogP contribution in [0, 0.1) is 5.92 Å². The molecule has 1 saturated heterocycles. The minimum absolute atomic E-state index is 0.232. The standard InChI is InChI=1S/C15H21NO2/c1-13(17)14-6-5-9-16(12-14)10-11-18-15-7-3-2-4-8-15/h2-4,7-8,14H,5-6,9-12H2,1H3. The first kappa shape index (κ1) is 13.1. The van der Waals surface area contributed by atoms with Gasteiger partial charge in [0.15, 0.2) is 0 Å². The summed E-state index contributed by atoms with van der Waals surface area (Å²) in [4.78, 5) is 13.7. The molecule has 1 unspecified atom stereocenters. The Kier molecular flexibility index (Phi) is 4.76. The van der Waals surface area contributed by atoms with Crippen LogP contribution in [0.1, 0.15) is 19.8 Å². The maximum absolute atomic E-state index is 11.4. The Morgan fingerprint density at radius 1 is 1.39 bits per heavy atom. The second kappa shape index (κ2) is 6.55. The molecule has 0 aromatic heterocycles. The largest absolute Gasteiger partial charge is 0.492 e. The highest BCUT2D eigenvalue weighted by atomic mass is 16.5. The lowest BCUT2D eigenvalue weighted by molar-refractivity contribution is -0.122. The van der Waals surface area contributed by atoms with Crippen molar-refractivity contribution in [1.29, 1.82) is 0 Å². The number of hydrogen-bond donors (Lipinski definition) is 0. The van der Waals surface area contributed by atoms with E-state index in [1.54, 1.807) is 6.92 Å². The molecule has 1 aliphatic rings. The molecule has 1 atom stereocenters. The van der Waals surface area contributed by atoms with Gasteiger partial charge in [-0.05, 0) is 38.4 Å². The fourth-order valence-corrected chi connectivity index (χ4v) is 2.40. The number of likely N-dealkylation sites (tertiary alicyclic amines) is 1. The monoisotopic (exact) mass is 247 g/mol. The number of hydrogen-bond acceptors (Lipinski definition) is 3. The summed E-state index contributed by atoms with van der Waals surface area (Å²) in [5.41, 5.74) is 0. The molecule has 0 N–H and O–H groups in total. The smallest absolute Gasteiger partial charge is 0.134 e. The molecule has 0 bridgehead atoms. The first-order chi connectivity index (χ1) is 8.75. The Bertz CT molecular complexity index is 377. The lowest BCUT2D eigenvalue weighted by atomic mass is 9.95. The van der Waals surface area contributed by atoms with Crippen LogP contribution >= 0.6 is 0 Å². The molecular weight excluding hydrogens is 226 g/mol. The van der Waals surface area contributed by atoms with E-state index in [9.17, 15) is 4.79 Å². The topological polar surface area (TPSA) is 29.5 Å². The van der Waals surface area contributed by atoms with Gasteiger partial charge in [-0.1, -0.05) is 18.2 Å². The number of carbonyl (C=O) groups is 1. The van der Waals surface area contributed by atoms with Gasteiger partial charge in [-0.25, -0.2) is 0 Å². The van der Waals surface area contributed by atoms with Crippen molar-refractivity contribution in [2.24, 2.45) is 5.92 Å². The second-order valence-corrected chi connectivity index (χ2v) is 4.91. The Hall–Kier alpha value is -1.35. The molecule has 0 spiro atoms. The number of rotatable bonds is 5. The van der Waals surface area contributed by atoms with Crippen molar-refractivity contribution >= 4 is 5.78 Å². The van der Waals surface area contributed by atoms with Gasteiger partial charge in [0, 0.05) is 19.0 Å². The Labute approximate surface area is 109 Å². The molecule has 98 valence electrons. The number of benzene rings is 1. The number of piperidine rings is 1. The van der Waals surface area contributed by atoms with Crippen molar-refractivity contribution in [2.45, 2.75) is 19.8 Å². The number of Topliss-reactive ketones (excluding diaryl/α,β-unsaturated/α-hetero) is 1. The SMILES string of the molecule is CC(=O)C1CCCN(CCOc2ccccc2)C1. The zero-order chi connectivity index (χ0) is 12.8. The van der Waals surface area contributed by atoms with Gasteiger partial charge in [-0.15, -0.1) is 0 Å². The predicted molar refractivity (Wildman–Crippen MR) is 71.8 cm³/mol. The van der Waals surface area contributed by atoms with Gasteiger partial charge >= 0.3 is 0 Å². The quantitative estimate of drug-likeness (QED) is 0.800. The minimum Gasteiger partial charge on any atom is -0.492 e. The third-order valence-corrected chi connectivity index (χ3v) is 3.50. The molecule has 0 amide bonds. The molecule has 1 heterocycles. The molecule has 2 rings (SSSR count). The normalized spacial score (nSPS) is 20.6. The number of ketones is 1. The first-order valence-electron chi connectivity index (χ1n) is 6.66. The molecule has 1 aromatic rings. The van der Waals surface area contributed by atoms with Crippen molar-refractivity contribution in [1.82, 2.24) is 4.90 Å². The van der Waals surface area contributed by atoms with E-state index in [0.717, 1.165) is 38.2 Å². The van der Waals surface area contributed by atoms with Gasteiger partial charge in [0.05, 0.1) is 0 Å². The van der Waals surface area contributed by atoms with Gasteiger partial charge in [-0.3, -0.25) is 9.69 Å². The third kappa shape index (κ3) is 3.84. The Balaban J connectivity index is 1.72. The summed E-state index contributed by atoms with van der Waals surface area (Å²) >= 11 is 0. The van der Waals surface area contributed by atoms with Crippen molar-refractivity contribution in [3.05, 3.63) is 30.3 Å². The third-order valence-electron chi connectivity index (χ3n) is 3.50. The van der Waals surface area contributed by atoms with Crippen LogP contribution in [0.2, 0.25) is 0 Å². The number of ether oxygens (including phenoxy) is 1. The van der Waals surface area contributed by atoms with Crippen LogP contribution in [0.5, 0.6) is 5.75 Å². The van der Waals surface area contributed by atoms with Crippen molar-refractivity contribution in [3.63, 3.8) is 0 Å². The first-order valence-corrected chi connectivity index (χ1v) is 6.66. The highest BCUT2D eigenvalue weighted by Gasteiger charge is 2.22. The van der Waals surface area contributed by atoms with Crippen LogP contribution in [-0.2, 0) is 4.79 Å². The van der Waals surface area contributed by atoms with Crippen LogP contribution in [-0.4, -0.2) is 36.9 Å². The Morgan fingerprint density at radius 2 is 2.17 bits per heavy atom. The minimum atomic E-state index is 0.232. The summed E-state index contributed by atoms with van der Waals surface area (Å²) in [6.45, 7) is 5.28. The molecule has 3 heteroatoms. The summed E-state index contributed by atoms with van der Waals surface area (Å²) in [6.07, 6.45) is 2.17. The van der Waals surface area contributed by atoms with E-state index >= 15 is 0 Å². The van der Waals surface area contributed by atoms with Crippen LogP contribution < -0.4 is 4.74 Å². The maximum Gasteiger partial charge on any atom is 0.134 e. The average molecular weight is 247 g/mol. The van der Waals surface area contributed by atoms with E-state index in [2.05, 4.69) is 4.90 Å². The second-order valence-electron chi connectivity index (χ2n) is 4.91. The molecule has 0 radical (unpaired) electrons. The van der Waals surface area contributed by atoms with E-state index in [1.807, 2.05) is 30.3 Å². The fraction of sp³-hybridized carbons (Fsp3) is 0.533. The molecule has 1 fully saturated rings. The highest BCUT2D eigenvalue weighted by molar-refractivity contribution is 5.78. The molecular formula is C15H21NO2. The summed E-state index contributed by atoms with van der Waals surface area (Å²) in [5.74, 6) is 1.47. The van der Waals surface area contributed by atoms with Crippen LogP contribution in [0.25, 0.3) is 0 Å². The van der Waals surface area contributed by atoms with E-state index in [1.165, 1.54) is 0 Å². The van der Waals surface area contributed by atoms with Gasteiger partial charge in [0.1, 0.15) is 18.1 Å². The molecule has 1 aliphatic heterocycles. The van der Waals surface area contributed by atoms with Crippen LogP contribution in [0.15, 0.2) is 30.3 Å². The van der Waals surface area contributed by atoms with Gasteiger partial charge in [-0.2, -0.15) is 0 Å². The number of para-hydroxylation sites is 1. The summed E-state index contributed by atoms with van der Waals surface area (Å²) in [5, 5.41) is 0. The van der Waals surface area contributed by atoms with Crippen LogP contribution in [0.3, 0.4) is 0 Å². The Morgan fingerprint density at radius 3 is 2.89 bits per heavy atom. The van der Waals surface area contributed by atoms with E-state index in [-0.39, 0.29) is 5.92 Å². The highest BCUT2D eigenvalue weighted by Crippen LogP contribution is 2.17. The van der Waals surface area contributed by atoms with E-state index < -0.39 is 0 Å². The molecule has 18 heavy (non-hydrogen) atoms. The molecule has 0 saturated carbocycles. The predicted octanol–water partition coefficient (Wildman–Crippen LogP) is 2.37. The fourth-order valence-electron chi connectivity index (χ4n) is 2.40. The van der Waals surface area contributed by atoms with Crippen LogP contribution in [0.4, 0.5) is 0 Å². The summed E-state index contributed by atoms with van der Waals surface area (Å²) < 4.78 is 5.68. The average Bonchev–Trinajstić information content (AvgIpc) is 2.40. The molecule has 1 aromatic carbocycles. The van der Waals surface area contributed by atoms with Crippen molar-refractivity contribution in [3.8, 4) is 5.75 Å². The van der Waals surface area contributed by atoms with Crippen molar-refractivity contribution in [2.75, 3.05) is 26.2 Å². The zero-order valence-corrected chi connectivity index (χ0v) is 11.0. The molecule has 0 aliphatic carbocycles. The lowest BCUT2D eigenvalue weighted by Gasteiger charge is -2.31. The van der Waals surface area contributed by atoms with Gasteiger partial charge < -0.3 is 4.74 Å². The summed E-state index contributed by atoms with van der Waals surface area (Å²) in [6, 6.07) is 9.86. The summed E-state index contributed by atoms with van der Waals surface area (Å²) in [7, 11) is 0. The van der Waals surface area contributed by atoms with E-state index in [0.29, 0.717) is 12.4 Å². The van der Waals surface area contributed by atoms with Gasteiger partial charge in [0.2, 0.25) is 0 Å². The lowest BCUT2D eigenvalue weighted by Crippen LogP contribution is -2.40. The number of carbonyl (C=O) groups excluding carboxylic acids is 1. The maximum atomic E-state index is 11.4. The van der Waals surface area contributed by atoms with E-state index in [4.69, 9.17) is 4.74 Å². The van der Waals surface area contributed by atoms with Gasteiger partial charge in [0.25, 0.3) is 0 Å². The number of nitrogens with zero attached hydrogens (tertiary/aromatic N) is 1. The zero-order valence-electron chi connectivity index (χ0n) is 11.0.